The van der Waals surface area contributed by atoms with Gasteiger partial charge in [0.1, 0.15) is 15.4 Å². The average Bonchev–Trinajstić information content (AvgIpc) is 2.81. The molecule has 1 N–H and O–H groups in total. The van der Waals surface area contributed by atoms with E-state index >= 15 is 0 Å². The zero-order chi connectivity index (χ0) is 13.3. The molecule has 102 valence electrons. The van der Waals surface area contributed by atoms with Crippen molar-refractivity contribution in [2.24, 2.45) is 0 Å². The second-order valence-electron chi connectivity index (χ2n) is 5.06. The predicted octanol–water partition coefficient (Wildman–Crippen LogP) is 2.10. The molecule has 0 aliphatic carbocycles. The van der Waals surface area contributed by atoms with Crippen LogP contribution in [0, 0.1) is 0 Å². The van der Waals surface area contributed by atoms with Crippen molar-refractivity contribution in [3.63, 3.8) is 0 Å². The standard InChI is InChI=1S/C14H17NO3S/c16-19(17)7-5-12(6-8-19)15-9-11-10-18-14-4-2-1-3-13(11)14/h1-4,10,12,15H,5-9H2. The fraction of sp³-hybridized carbons (Fsp3) is 0.429. The van der Waals surface area contributed by atoms with Gasteiger partial charge in [0.05, 0.1) is 17.8 Å². The number of rotatable bonds is 3. The monoisotopic (exact) mass is 279 g/mol. The van der Waals surface area contributed by atoms with E-state index in [-0.39, 0.29) is 6.04 Å². The van der Waals surface area contributed by atoms with Crippen molar-refractivity contribution in [2.45, 2.75) is 25.4 Å². The van der Waals surface area contributed by atoms with Gasteiger partial charge in [0.2, 0.25) is 0 Å². The lowest BCUT2D eigenvalue weighted by Crippen LogP contribution is -2.37. The van der Waals surface area contributed by atoms with Gasteiger partial charge in [-0.05, 0) is 18.9 Å². The average molecular weight is 279 g/mol. The van der Waals surface area contributed by atoms with Crippen molar-refractivity contribution < 1.29 is 12.8 Å². The van der Waals surface area contributed by atoms with Crippen LogP contribution >= 0.6 is 0 Å². The molecule has 0 spiro atoms. The van der Waals surface area contributed by atoms with E-state index < -0.39 is 9.84 Å². The highest BCUT2D eigenvalue weighted by molar-refractivity contribution is 7.91. The Balaban J connectivity index is 1.64. The zero-order valence-corrected chi connectivity index (χ0v) is 11.4. The fourth-order valence-corrected chi connectivity index (χ4v) is 4.01. The maximum Gasteiger partial charge on any atom is 0.150 e. The second kappa shape index (κ2) is 4.98. The lowest BCUT2D eigenvalue weighted by Gasteiger charge is -2.22. The second-order valence-corrected chi connectivity index (χ2v) is 7.37. The summed E-state index contributed by atoms with van der Waals surface area (Å²) in [5.41, 5.74) is 2.02. The van der Waals surface area contributed by atoms with Crippen molar-refractivity contribution >= 4 is 20.8 Å². The van der Waals surface area contributed by atoms with Gasteiger partial charge in [0.25, 0.3) is 0 Å². The Morgan fingerprint density at radius 2 is 1.95 bits per heavy atom. The molecule has 0 radical (unpaired) electrons. The van der Waals surface area contributed by atoms with Crippen LogP contribution in [-0.2, 0) is 16.4 Å². The number of furan rings is 1. The first-order valence-electron chi connectivity index (χ1n) is 6.53. The van der Waals surface area contributed by atoms with Crippen LogP contribution < -0.4 is 5.32 Å². The third-order valence-corrected chi connectivity index (χ3v) is 5.41. The first-order valence-corrected chi connectivity index (χ1v) is 8.35. The number of sulfone groups is 1. The fourth-order valence-electron chi connectivity index (χ4n) is 2.52. The molecule has 1 aromatic carbocycles. The van der Waals surface area contributed by atoms with E-state index in [4.69, 9.17) is 4.42 Å². The van der Waals surface area contributed by atoms with E-state index in [1.807, 2.05) is 24.3 Å². The van der Waals surface area contributed by atoms with Gasteiger partial charge < -0.3 is 9.73 Å². The largest absolute Gasteiger partial charge is 0.464 e. The Morgan fingerprint density at radius 3 is 2.74 bits per heavy atom. The minimum Gasteiger partial charge on any atom is -0.464 e. The van der Waals surface area contributed by atoms with Crippen LogP contribution in [0.15, 0.2) is 34.9 Å². The molecule has 0 unspecified atom stereocenters. The molecular weight excluding hydrogens is 262 g/mol. The highest BCUT2D eigenvalue weighted by Gasteiger charge is 2.23. The summed E-state index contributed by atoms with van der Waals surface area (Å²) >= 11 is 0. The number of nitrogens with one attached hydrogen (secondary N) is 1. The van der Waals surface area contributed by atoms with Gasteiger partial charge in [-0.1, -0.05) is 18.2 Å². The summed E-state index contributed by atoms with van der Waals surface area (Å²) in [6, 6.07) is 8.23. The van der Waals surface area contributed by atoms with Gasteiger partial charge in [-0.25, -0.2) is 8.42 Å². The summed E-state index contributed by atoms with van der Waals surface area (Å²) in [7, 11) is -2.78. The maximum absolute atomic E-state index is 11.4. The van der Waals surface area contributed by atoms with Crippen LogP contribution in [0.1, 0.15) is 18.4 Å². The Labute approximate surface area is 112 Å². The van der Waals surface area contributed by atoms with Gasteiger partial charge in [0, 0.05) is 23.5 Å². The first-order chi connectivity index (χ1) is 9.14. The quantitative estimate of drug-likeness (QED) is 0.934. The van der Waals surface area contributed by atoms with Gasteiger partial charge in [-0.3, -0.25) is 0 Å². The minimum atomic E-state index is -2.78. The molecule has 2 aromatic rings. The van der Waals surface area contributed by atoms with E-state index in [1.54, 1.807) is 6.26 Å². The third kappa shape index (κ3) is 2.82. The molecule has 1 fully saturated rings. The maximum atomic E-state index is 11.4. The number of fused-ring (bicyclic) bond motifs is 1. The summed E-state index contributed by atoms with van der Waals surface area (Å²) in [5, 5.41) is 4.55. The van der Waals surface area contributed by atoms with Gasteiger partial charge in [0.15, 0.2) is 0 Å². The molecule has 2 heterocycles. The Morgan fingerprint density at radius 1 is 1.21 bits per heavy atom. The van der Waals surface area contributed by atoms with E-state index in [0.717, 1.165) is 23.1 Å². The normalized spacial score (nSPS) is 19.8. The molecular formula is C14H17NO3S. The first kappa shape index (κ1) is 12.7. The summed E-state index contributed by atoms with van der Waals surface area (Å²) in [6.45, 7) is 0.724. The van der Waals surface area contributed by atoms with Crippen molar-refractivity contribution in [1.82, 2.24) is 5.32 Å². The molecule has 5 heteroatoms. The zero-order valence-electron chi connectivity index (χ0n) is 10.6. The van der Waals surface area contributed by atoms with E-state index in [1.165, 1.54) is 0 Å². The molecule has 4 nitrogen and oxygen atoms in total. The smallest absolute Gasteiger partial charge is 0.150 e. The van der Waals surface area contributed by atoms with Crippen LogP contribution in [0.3, 0.4) is 0 Å². The van der Waals surface area contributed by atoms with Crippen LogP contribution in [0.25, 0.3) is 11.0 Å². The topological polar surface area (TPSA) is 59.3 Å². The van der Waals surface area contributed by atoms with Crippen LogP contribution in [-0.4, -0.2) is 26.0 Å². The lowest BCUT2D eigenvalue weighted by atomic mass is 10.1. The lowest BCUT2D eigenvalue weighted by molar-refractivity contribution is 0.462. The van der Waals surface area contributed by atoms with Crippen LogP contribution in [0.2, 0.25) is 0 Å². The highest BCUT2D eigenvalue weighted by atomic mass is 32.2. The predicted molar refractivity (Wildman–Crippen MR) is 74.7 cm³/mol. The Bertz CT molecular complexity index is 661. The van der Waals surface area contributed by atoms with Crippen LogP contribution in [0.4, 0.5) is 0 Å². The van der Waals surface area contributed by atoms with Gasteiger partial charge in [-0.15, -0.1) is 0 Å². The molecule has 0 atom stereocenters. The van der Waals surface area contributed by atoms with Crippen molar-refractivity contribution in [3.8, 4) is 0 Å². The molecule has 1 aliphatic rings. The number of benzene rings is 1. The Hall–Kier alpha value is -1.33. The van der Waals surface area contributed by atoms with Crippen molar-refractivity contribution in [3.05, 3.63) is 36.1 Å². The van der Waals surface area contributed by atoms with Gasteiger partial charge >= 0.3 is 0 Å². The molecule has 3 rings (SSSR count). The summed E-state index contributed by atoms with van der Waals surface area (Å²) in [6.07, 6.45) is 3.19. The minimum absolute atomic E-state index is 0.289. The third-order valence-electron chi connectivity index (χ3n) is 3.70. The molecule has 1 aliphatic heterocycles. The number of hydrogen-bond donors (Lipinski definition) is 1. The SMILES string of the molecule is O=S1(=O)CCC(NCc2coc3ccccc23)CC1. The summed E-state index contributed by atoms with van der Waals surface area (Å²) in [5.74, 6) is 0.605. The molecule has 0 bridgehead atoms. The van der Waals surface area contributed by atoms with Gasteiger partial charge in [-0.2, -0.15) is 0 Å². The number of hydrogen-bond acceptors (Lipinski definition) is 4. The summed E-state index contributed by atoms with van der Waals surface area (Å²) < 4.78 is 28.2. The molecule has 19 heavy (non-hydrogen) atoms. The Kier molecular flexibility index (Phi) is 3.33. The van der Waals surface area contributed by atoms with Crippen molar-refractivity contribution in [1.29, 1.82) is 0 Å². The summed E-state index contributed by atoms with van der Waals surface area (Å²) in [4.78, 5) is 0. The van der Waals surface area contributed by atoms with E-state index in [0.29, 0.717) is 24.3 Å². The highest BCUT2D eigenvalue weighted by Crippen LogP contribution is 2.21. The van der Waals surface area contributed by atoms with E-state index in [9.17, 15) is 8.42 Å². The van der Waals surface area contributed by atoms with Crippen LogP contribution in [0.5, 0.6) is 0 Å². The molecule has 0 saturated carbocycles. The molecule has 0 amide bonds. The molecule has 1 saturated heterocycles. The molecule has 1 aromatic heterocycles. The van der Waals surface area contributed by atoms with Crippen molar-refractivity contribution in [2.75, 3.05) is 11.5 Å². The van der Waals surface area contributed by atoms with E-state index in [2.05, 4.69) is 5.32 Å². The number of para-hydroxylation sites is 1.